The normalized spacial score (nSPS) is 10.3. The van der Waals surface area contributed by atoms with Crippen LogP contribution in [0.15, 0.2) is 29.0 Å². The molecule has 0 aliphatic rings. The van der Waals surface area contributed by atoms with Crippen molar-refractivity contribution in [1.82, 2.24) is 9.97 Å². The molecule has 0 saturated heterocycles. The number of amides is 1. The number of nitrogens with zero attached hydrogens (tertiary/aromatic N) is 1. The monoisotopic (exact) mass is 280 g/mol. The molecule has 2 aromatic rings. The third-order valence-electron chi connectivity index (χ3n) is 2.13. The first kappa shape index (κ1) is 10.7. The maximum absolute atomic E-state index is 11.1. The first-order chi connectivity index (χ1) is 7.58. The van der Waals surface area contributed by atoms with Crippen molar-refractivity contribution >= 4 is 27.7 Å². The summed E-state index contributed by atoms with van der Waals surface area (Å²) in [6.07, 6.45) is 1.60. The van der Waals surface area contributed by atoms with Gasteiger partial charge in [-0.05, 0) is 34.1 Å². The Balaban J connectivity index is 2.49. The van der Waals surface area contributed by atoms with E-state index in [0.29, 0.717) is 16.0 Å². The van der Waals surface area contributed by atoms with E-state index in [2.05, 4.69) is 25.9 Å². The van der Waals surface area contributed by atoms with Gasteiger partial charge in [0.15, 0.2) is 0 Å². The van der Waals surface area contributed by atoms with Crippen LogP contribution in [0.1, 0.15) is 10.4 Å². The van der Waals surface area contributed by atoms with Crippen LogP contribution in [-0.4, -0.2) is 15.9 Å². The third-order valence-corrected chi connectivity index (χ3v) is 2.75. The van der Waals surface area contributed by atoms with Crippen molar-refractivity contribution in [2.45, 2.75) is 0 Å². The number of aromatic nitrogens is 2. The minimum Gasteiger partial charge on any atom is -0.384 e. The van der Waals surface area contributed by atoms with Crippen LogP contribution >= 0.6 is 15.9 Å². The van der Waals surface area contributed by atoms with Gasteiger partial charge in [-0.25, -0.2) is 4.98 Å². The van der Waals surface area contributed by atoms with Gasteiger partial charge in [-0.1, -0.05) is 0 Å². The summed E-state index contributed by atoms with van der Waals surface area (Å²) < 4.78 is 0.561. The number of carbonyl (C=O) groups is 1. The van der Waals surface area contributed by atoms with Gasteiger partial charge in [-0.3, -0.25) is 4.79 Å². The Morgan fingerprint density at radius 2 is 2.19 bits per heavy atom. The smallest absolute Gasteiger partial charge is 0.251 e. The van der Waals surface area contributed by atoms with Gasteiger partial charge < -0.3 is 16.5 Å². The second kappa shape index (κ2) is 3.97. The largest absolute Gasteiger partial charge is 0.384 e. The van der Waals surface area contributed by atoms with Crippen molar-refractivity contribution in [1.29, 1.82) is 0 Å². The SMILES string of the molecule is NC(=O)c1cc(-c2ccnc(N)c2)[nH]c1Br. The average molecular weight is 281 g/mol. The van der Waals surface area contributed by atoms with Crippen molar-refractivity contribution in [3.63, 3.8) is 0 Å². The number of H-pyrrole nitrogens is 1. The number of carbonyl (C=O) groups excluding carboxylic acids is 1. The zero-order valence-corrected chi connectivity index (χ0v) is 9.78. The molecule has 0 bridgehead atoms. The van der Waals surface area contributed by atoms with E-state index < -0.39 is 5.91 Å². The maximum atomic E-state index is 11.1. The molecule has 6 heteroatoms. The quantitative estimate of drug-likeness (QED) is 0.778. The molecule has 2 heterocycles. The molecule has 0 atom stereocenters. The Kier molecular flexibility index (Phi) is 2.66. The number of hydrogen-bond acceptors (Lipinski definition) is 3. The highest BCUT2D eigenvalue weighted by Crippen LogP contribution is 2.25. The topological polar surface area (TPSA) is 97.8 Å². The van der Waals surface area contributed by atoms with Crippen molar-refractivity contribution < 1.29 is 4.79 Å². The molecule has 1 amide bonds. The molecule has 2 rings (SSSR count). The molecule has 0 aromatic carbocycles. The van der Waals surface area contributed by atoms with Gasteiger partial charge in [0.2, 0.25) is 0 Å². The lowest BCUT2D eigenvalue weighted by Gasteiger charge is -1.97. The lowest BCUT2D eigenvalue weighted by Crippen LogP contribution is -2.10. The summed E-state index contributed by atoms with van der Waals surface area (Å²) in [5.74, 6) is -0.0692. The van der Waals surface area contributed by atoms with Crippen molar-refractivity contribution in [2.75, 3.05) is 5.73 Å². The second-order valence-electron chi connectivity index (χ2n) is 3.24. The van der Waals surface area contributed by atoms with Crippen LogP contribution in [0.5, 0.6) is 0 Å². The molecule has 2 aromatic heterocycles. The van der Waals surface area contributed by atoms with Gasteiger partial charge in [0, 0.05) is 17.5 Å². The van der Waals surface area contributed by atoms with Crippen LogP contribution in [0, 0.1) is 0 Å². The molecule has 0 saturated carbocycles. The number of primary amides is 1. The summed E-state index contributed by atoms with van der Waals surface area (Å²) in [7, 11) is 0. The predicted molar refractivity (Wildman–Crippen MR) is 64.7 cm³/mol. The minimum atomic E-state index is -0.489. The molecule has 5 N–H and O–H groups in total. The van der Waals surface area contributed by atoms with Gasteiger partial charge in [0.05, 0.1) is 10.2 Å². The van der Waals surface area contributed by atoms with Gasteiger partial charge >= 0.3 is 0 Å². The van der Waals surface area contributed by atoms with E-state index >= 15 is 0 Å². The summed E-state index contributed by atoms with van der Waals surface area (Å²) in [5.41, 5.74) is 12.8. The Hall–Kier alpha value is -1.82. The Morgan fingerprint density at radius 3 is 2.75 bits per heavy atom. The average Bonchev–Trinajstić information content (AvgIpc) is 2.60. The lowest BCUT2D eigenvalue weighted by molar-refractivity contribution is 0.0999. The van der Waals surface area contributed by atoms with Crippen molar-refractivity contribution in [3.05, 3.63) is 34.6 Å². The summed E-state index contributed by atoms with van der Waals surface area (Å²) >= 11 is 3.23. The molecular weight excluding hydrogens is 272 g/mol. The fraction of sp³-hybridized carbons (Fsp3) is 0. The number of aromatic amines is 1. The summed E-state index contributed by atoms with van der Waals surface area (Å²) in [6.45, 7) is 0. The lowest BCUT2D eigenvalue weighted by atomic mass is 10.2. The highest BCUT2D eigenvalue weighted by molar-refractivity contribution is 9.10. The number of rotatable bonds is 2. The number of anilines is 1. The van der Waals surface area contributed by atoms with Gasteiger partial charge in [-0.2, -0.15) is 0 Å². The van der Waals surface area contributed by atoms with Gasteiger partial charge in [-0.15, -0.1) is 0 Å². The zero-order chi connectivity index (χ0) is 11.7. The molecule has 0 fully saturated rings. The molecule has 0 aliphatic heterocycles. The first-order valence-corrected chi connectivity index (χ1v) is 5.27. The van der Waals surface area contributed by atoms with Crippen molar-refractivity contribution in [2.24, 2.45) is 5.73 Å². The molecular formula is C10H9BrN4O. The van der Waals surface area contributed by atoms with Crippen LogP contribution < -0.4 is 11.5 Å². The van der Waals surface area contributed by atoms with E-state index in [1.54, 1.807) is 24.4 Å². The standard InChI is InChI=1S/C10H9BrN4O/c11-9-6(10(13)16)4-7(15-9)5-1-2-14-8(12)3-5/h1-4,15H,(H2,12,14)(H2,13,16). The molecule has 5 nitrogen and oxygen atoms in total. The number of halogens is 1. The van der Waals surface area contributed by atoms with Gasteiger partial charge in [0.1, 0.15) is 5.82 Å². The summed E-state index contributed by atoms with van der Waals surface area (Å²) in [4.78, 5) is 18.0. The van der Waals surface area contributed by atoms with Crippen LogP contribution in [-0.2, 0) is 0 Å². The Labute approximate surface area is 100.0 Å². The fourth-order valence-corrected chi connectivity index (χ4v) is 1.90. The van der Waals surface area contributed by atoms with Gasteiger partial charge in [0.25, 0.3) is 5.91 Å². The number of pyridine rings is 1. The molecule has 82 valence electrons. The maximum Gasteiger partial charge on any atom is 0.251 e. The number of nitrogen functional groups attached to an aromatic ring is 1. The van der Waals surface area contributed by atoms with E-state index in [0.717, 1.165) is 11.3 Å². The minimum absolute atomic E-state index is 0.408. The highest BCUT2D eigenvalue weighted by atomic mass is 79.9. The number of nitrogens with two attached hydrogens (primary N) is 2. The van der Waals surface area contributed by atoms with Crippen LogP contribution in [0.3, 0.4) is 0 Å². The third kappa shape index (κ3) is 1.92. The summed E-state index contributed by atoms with van der Waals surface area (Å²) in [5, 5.41) is 0. The van der Waals surface area contributed by atoms with Crippen molar-refractivity contribution in [3.8, 4) is 11.3 Å². The first-order valence-electron chi connectivity index (χ1n) is 4.48. The molecule has 0 unspecified atom stereocenters. The molecule has 0 aliphatic carbocycles. The Bertz CT molecular complexity index is 550. The van der Waals surface area contributed by atoms with E-state index in [1.807, 2.05) is 0 Å². The molecule has 0 spiro atoms. The molecule has 0 radical (unpaired) electrons. The fourth-order valence-electron chi connectivity index (χ4n) is 1.38. The second-order valence-corrected chi connectivity index (χ2v) is 4.04. The number of nitrogens with one attached hydrogen (secondary N) is 1. The number of hydrogen-bond donors (Lipinski definition) is 3. The predicted octanol–water partition coefficient (Wildman–Crippen LogP) is 1.52. The zero-order valence-electron chi connectivity index (χ0n) is 8.20. The van der Waals surface area contributed by atoms with Crippen LogP contribution in [0.4, 0.5) is 5.82 Å². The van der Waals surface area contributed by atoms with E-state index in [4.69, 9.17) is 11.5 Å². The highest BCUT2D eigenvalue weighted by Gasteiger charge is 2.11. The summed E-state index contributed by atoms with van der Waals surface area (Å²) in [6, 6.07) is 5.17. The van der Waals surface area contributed by atoms with Crippen LogP contribution in [0.2, 0.25) is 0 Å². The van der Waals surface area contributed by atoms with E-state index in [9.17, 15) is 4.79 Å². The Morgan fingerprint density at radius 1 is 1.44 bits per heavy atom. The van der Waals surface area contributed by atoms with E-state index in [-0.39, 0.29) is 0 Å². The van der Waals surface area contributed by atoms with Crippen LogP contribution in [0.25, 0.3) is 11.3 Å². The van der Waals surface area contributed by atoms with E-state index in [1.165, 1.54) is 0 Å². The molecule has 16 heavy (non-hydrogen) atoms.